The first-order valence-corrected chi connectivity index (χ1v) is 11.1. The van der Waals surface area contributed by atoms with Crippen LogP contribution in [0.2, 0.25) is 0 Å². The summed E-state index contributed by atoms with van der Waals surface area (Å²) in [4.78, 5) is 15.0. The van der Waals surface area contributed by atoms with Crippen LogP contribution in [0, 0.1) is 0 Å². The van der Waals surface area contributed by atoms with Crippen LogP contribution in [-0.2, 0) is 6.54 Å². The Hall–Kier alpha value is -2.97. The number of carbonyl (C=O) groups is 1. The number of methoxy groups -OCH3 is 1. The molecule has 0 unspecified atom stereocenters. The van der Waals surface area contributed by atoms with Gasteiger partial charge in [-0.15, -0.1) is 0 Å². The fourth-order valence-electron chi connectivity index (χ4n) is 4.13. The minimum Gasteiger partial charge on any atom is -0.497 e. The van der Waals surface area contributed by atoms with Gasteiger partial charge in [-0.2, -0.15) is 0 Å². The van der Waals surface area contributed by atoms with Gasteiger partial charge in [-0.1, -0.05) is 18.2 Å². The molecule has 0 saturated carbocycles. The molecule has 2 aromatic rings. The Bertz CT molecular complexity index is 916. The van der Waals surface area contributed by atoms with Crippen molar-refractivity contribution < 1.29 is 24.1 Å². The summed E-state index contributed by atoms with van der Waals surface area (Å²) < 4.78 is 16.5. The molecule has 0 spiro atoms. The molecule has 2 heterocycles. The molecule has 0 aromatic heterocycles. The summed E-state index contributed by atoms with van der Waals surface area (Å²) in [5.41, 5.74) is 1.62. The first kappa shape index (κ1) is 22.2. The maximum atomic E-state index is 12.7. The molecule has 3 N–H and O–H groups in total. The smallest absolute Gasteiger partial charge is 0.315 e. The predicted octanol–water partition coefficient (Wildman–Crippen LogP) is 2.46. The van der Waals surface area contributed by atoms with Crippen LogP contribution in [0.15, 0.2) is 42.5 Å². The fraction of sp³-hybridized carbons (Fsp3) is 0.458. The highest BCUT2D eigenvalue weighted by Crippen LogP contribution is 2.33. The van der Waals surface area contributed by atoms with Gasteiger partial charge >= 0.3 is 6.03 Å². The van der Waals surface area contributed by atoms with Crippen molar-refractivity contribution in [2.24, 2.45) is 0 Å². The van der Waals surface area contributed by atoms with Crippen LogP contribution in [0.25, 0.3) is 0 Å². The van der Waals surface area contributed by atoms with Crippen LogP contribution in [0.4, 0.5) is 4.79 Å². The Kier molecular flexibility index (Phi) is 7.34. The van der Waals surface area contributed by atoms with Crippen LogP contribution >= 0.6 is 0 Å². The third-order valence-corrected chi connectivity index (χ3v) is 5.85. The third-order valence-electron chi connectivity index (χ3n) is 5.85. The number of urea groups is 1. The number of hydrogen-bond donors (Lipinski definition) is 3. The average molecular weight is 442 g/mol. The molecule has 8 nitrogen and oxygen atoms in total. The van der Waals surface area contributed by atoms with Crippen LogP contribution in [0.1, 0.15) is 30.1 Å². The number of nitrogens with zero attached hydrogens (tertiary/aromatic N) is 1. The number of aliphatic hydroxyl groups excluding tert-OH is 1. The van der Waals surface area contributed by atoms with Crippen LogP contribution < -0.4 is 24.8 Å². The molecule has 1 fully saturated rings. The first-order chi connectivity index (χ1) is 15.6. The van der Waals surface area contributed by atoms with E-state index in [4.69, 9.17) is 14.2 Å². The van der Waals surface area contributed by atoms with E-state index in [2.05, 4.69) is 15.5 Å². The van der Waals surface area contributed by atoms with Crippen molar-refractivity contribution in [1.82, 2.24) is 15.5 Å². The topological polar surface area (TPSA) is 92.3 Å². The van der Waals surface area contributed by atoms with Crippen molar-refractivity contribution in [3.63, 3.8) is 0 Å². The molecule has 1 saturated heterocycles. The van der Waals surface area contributed by atoms with Crippen molar-refractivity contribution in [2.75, 3.05) is 40.0 Å². The van der Waals surface area contributed by atoms with E-state index >= 15 is 0 Å². The lowest BCUT2D eigenvalue weighted by atomic mass is 10.0. The van der Waals surface area contributed by atoms with Crippen molar-refractivity contribution in [3.05, 3.63) is 53.6 Å². The van der Waals surface area contributed by atoms with Gasteiger partial charge in [0.15, 0.2) is 11.5 Å². The van der Waals surface area contributed by atoms with Gasteiger partial charge in [-0.25, -0.2) is 4.79 Å². The number of fused-ring (bicyclic) bond motifs is 1. The maximum absolute atomic E-state index is 12.7. The van der Waals surface area contributed by atoms with E-state index in [1.807, 2.05) is 36.4 Å². The van der Waals surface area contributed by atoms with Crippen molar-refractivity contribution in [3.8, 4) is 17.2 Å². The molecule has 4 rings (SSSR count). The summed E-state index contributed by atoms with van der Waals surface area (Å²) >= 11 is 0. The lowest BCUT2D eigenvalue weighted by molar-refractivity contribution is 0.108. The predicted molar refractivity (Wildman–Crippen MR) is 120 cm³/mol. The first-order valence-electron chi connectivity index (χ1n) is 11.1. The number of amides is 2. The van der Waals surface area contributed by atoms with Gasteiger partial charge in [0.1, 0.15) is 25.1 Å². The number of carbonyl (C=O) groups excluding carboxylic acids is 1. The Morgan fingerprint density at radius 3 is 2.69 bits per heavy atom. The molecule has 2 aliphatic heterocycles. The van der Waals surface area contributed by atoms with Gasteiger partial charge in [0.05, 0.1) is 13.2 Å². The molecular formula is C24H31N3O5. The molecule has 0 bridgehead atoms. The monoisotopic (exact) mass is 441 g/mol. The number of nitrogens with one attached hydrogen (secondary N) is 2. The van der Waals surface area contributed by atoms with E-state index in [1.54, 1.807) is 13.2 Å². The number of rotatable bonds is 8. The largest absolute Gasteiger partial charge is 0.497 e. The summed E-state index contributed by atoms with van der Waals surface area (Å²) in [5.74, 6) is 2.04. The maximum Gasteiger partial charge on any atom is 0.315 e. The quantitative estimate of drug-likeness (QED) is 0.583. The summed E-state index contributed by atoms with van der Waals surface area (Å²) in [5, 5.41) is 17.0. The number of benzene rings is 2. The number of ether oxygens (including phenoxy) is 3. The minimum absolute atomic E-state index is 0.325. The summed E-state index contributed by atoms with van der Waals surface area (Å²) in [6, 6.07) is 12.2. The van der Waals surface area contributed by atoms with E-state index in [0.717, 1.165) is 37.2 Å². The molecule has 8 heteroatoms. The molecule has 32 heavy (non-hydrogen) atoms. The summed E-state index contributed by atoms with van der Waals surface area (Å²) in [6.45, 7) is 3.87. The summed E-state index contributed by atoms with van der Waals surface area (Å²) in [7, 11) is 1.61. The molecule has 2 amide bonds. The van der Waals surface area contributed by atoms with Crippen LogP contribution in [-0.4, -0.2) is 62.0 Å². The SMILES string of the molecule is COc1cccc(CNC(=O)N[C@H](CN2CCCC2)[C@H](O)c2ccc3c(c2)OCCO3)c1. The van der Waals surface area contributed by atoms with E-state index in [9.17, 15) is 9.90 Å². The number of hydrogen-bond acceptors (Lipinski definition) is 6. The Balaban J connectivity index is 1.42. The van der Waals surface area contributed by atoms with Crippen molar-refractivity contribution in [2.45, 2.75) is 31.5 Å². The molecule has 2 atom stereocenters. The molecule has 0 aliphatic carbocycles. The Morgan fingerprint density at radius 2 is 1.91 bits per heavy atom. The van der Waals surface area contributed by atoms with Crippen LogP contribution in [0.3, 0.4) is 0 Å². The van der Waals surface area contributed by atoms with Gasteiger partial charge in [0.25, 0.3) is 0 Å². The lowest BCUT2D eigenvalue weighted by Crippen LogP contribution is -2.49. The van der Waals surface area contributed by atoms with E-state index < -0.39 is 12.1 Å². The lowest BCUT2D eigenvalue weighted by Gasteiger charge is -2.29. The van der Waals surface area contributed by atoms with E-state index in [-0.39, 0.29) is 6.03 Å². The van der Waals surface area contributed by atoms with Gasteiger partial charge in [0.2, 0.25) is 0 Å². The number of aliphatic hydroxyl groups is 1. The molecular weight excluding hydrogens is 410 g/mol. The Morgan fingerprint density at radius 1 is 1.12 bits per heavy atom. The third kappa shape index (κ3) is 5.63. The van der Waals surface area contributed by atoms with Gasteiger partial charge < -0.3 is 34.9 Å². The highest BCUT2D eigenvalue weighted by molar-refractivity contribution is 5.74. The molecule has 2 aromatic carbocycles. The zero-order valence-electron chi connectivity index (χ0n) is 18.4. The highest BCUT2D eigenvalue weighted by Gasteiger charge is 2.27. The Labute approximate surface area is 188 Å². The standard InChI is InChI=1S/C24H31N3O5/c1-30-19-6-4-5-17(13-19)15-25-24(29)26-20(16-27-9-2-3-10-27)23(28)18-7-8-21-22(14-18)32-12-11-31-21/h4-8,13-14,20,23,28H,2-3,9-12,15-16H2,1H3,(H2,25,26,29)/t20-,23-/m1/s1. The van der Waals surface area contributed by atoms with Gasteiger partial charge in [-0.05, 0) is 61.3 Å². The van der Waals surface area contributed by atoms with E-state index in [0.29, 0.717) is 43.4 Å². The zero-order chi connectivity index (χ0) is 22.3. The molecule has 172 valence electrons. The zero-order valence-corrected chi connectivity index (χ0v) is 18.4. The average Bonchev–Trinajstić information content (AvgIpc) is 3.35. The van der Waals surface area contributed by atoms with Crippen LogP contribution in [0.5, 0.6) is 17.2 Å². The summed E-state index contributed by atoms with van der Waals surface area (Å²) in [6.07, 6.45) is 1.39. The van der Waals surface area contributed by atoms with E-state index in [1.165, 1.54) is 0 Å². The van der Waals surface area contributed by atoms with Crippen molar-refractivity contribution in [1.29, 1.82) is 0 Å². The normalized spacial score (nSPS) is 17.4. The second-order valence-electron chi connectivity index (χ2n) is 8.14. The fourth-order valence-corrected chi connectivity index (χ4v) is 4.13. The second kappa shape index (κ2) is 10.6. The molecule has 0 radical (unpaired) electrons. The molecule has 2 aliphatic rings. The minimum atomic E-state index is -0.881. The highest BCUT2D eigenvalue weighted by atomic mass is 16.6. The van der Waals surface area contributed by atoms with Crippen molar-refractivity contribution >= 4 is 6.03 Å². The van der Waals surface area contributed by atoms with Gasteiger partial charge in [0, 0.05) is 13.1 Å². The number of likely N-dealkylation sites (tertiary alicyclic amines) is 1. The second-order valence-corrected chi connectivity index (χ2v) is 8.14. The van der Waals surface area contributed by atoms with Gasteiger partial charge in [-0.3, -0.25) is 0 Å².